The summed E-state index contributed by atoms with van der Waals surface area (Å²) in [6.07, 6.45) is 2.83. The van der Waals surface area contributed by atoms with E-state index in [0.717, 1.165) is 12.8 Å². The van der Waals surface area contributed by atoms with Crippen LogP contribution in [0.25, 0.3) is 0 Å². The minimum atomic E-state index is -0.227. The van der Waals surface area contributed by atoms with E-state index in [1.165, 1.54) is 0 Å². The highest BCUT2D eigenvalue weighted by Crippen LogP contribution is 2.24. The molecule has 0 rings (SSSR count). The zero-order chi connectivity index (χ0) is 18.0. The SMILES string of the molecule is CCC(OC(=O)CCCC(=O)OCC(C)CC(C)(C)C)C(C)C. The molecule has 0 aromatic heterocycles. The van der Waals surface area contributed by atoms with Crippen molar-refractivity contribution >= 4 is 11.9 Å². The Morgan fingerprint density at radius 2 is 1.57 bits per heavy atom. The Balaban J connectivity index is 3.88. The molecular weight excluding hydrogens is 292 g/mol. The predicted octanol–water partition coefficient (Wildman–Crippen LogP) is 4.75. The summed E-state index contributed by atoms with van der Waals surface area (Å²) in [5, 5.41) is 0. The summed E-state index contributed by atoms with van der Waals surface area (Å²) in [4.78, 5) is 23.5. The van der Waals surface area contributed by atoms with Crippen LogP contribution in [0.4, 0.5) is 0 Å². The summed E-state index contributed by atoms with van der Waals surface area (Å²) in [5.41, 5.74) is 0.238. The molecule has 0 aliphatic carbocycles. The molecule has 0 spiro atoms. The molecule has 0 N–H and O–H groups in total. The standard InChI is InChI=1S/C19H36O4/c1-8-16(14(2)3)23-18(21)11-9-10-17(20)22-13-15(4)12-19(5,6)7/h14-16H,8-13H2,1-7H3. The molecule has 0 aliphatic rings. The van der Waals surface area contributed by atoms with E-state index in [9.17, 15) is 9.59 Å². The lowest BCUT2D eigenvalue weighted by molar-refractivity contribution is -0.152. The van der Waals surface area contributed by atoms with Crippen molar-refractivity contribution in [3.8, 4) is 0 Å². The molecule has 0 saturated carbocycles. The number of esters is 2. The molecule has 23 heavy (non-hydrogen) atoms. The van der Waals surface area contributed by atoms with Crippen LogP contribution < -0.4 is 0 Å². The highest BCUT2D eigenvalue weighted by Gasteiger charge is 2.18. The Morgan fingerprint density at radius 3 is 2.04 bits per heavy atom. The zero-order valence-electron chi connectivity index (χ0n) is 16.1. The van der Waals surface area contributed by atoms with Crippen LogP contribution >= 0.6 is 0 Å². The molecule has 0 amide bonds. The van der Waals surface area contributed by atoms with Gasteiger partial charge in [-0.1, -0.05) is 48.5 Å². The van der Waals surface area contributed by atoms with E-state index in [0.29, 0.717) is 24.9 Å². The lowest BCUT2D eigenvalue weighted by Gasteiger charge is -2.22. The second kappa shape index (κ2) is 10.7. The van der Waals surface area contributed by atoms with Crippen LogP contribution in [0.2, 0.25) is 0 Å². The highest BCUT2D eigenvalue weighted by molar-refractivity contribution is 5.72. The van der Waals surface area contributed by atoms with Gasteiger partial charge in [0.05, 0.1) is 6.61 Å². The number of rotatable bonds is 10. The van der Waals surface area contributed by atoms with Crippen LogP contribution in [0, 0.1) is 17.3 Å². The first-order chi connectivity index (χ1) is 10.5. The number of hydrogen-bond acceptors (Lipinski definition) is 4. The fourth-order valence-electron chi connectivity index (χ4n) is 2.71. The van der Waals surface area contributed by atoms with Crippen molar-refractivity contribution in [2.75, 3.05) is 6.61 Å². The first kappa shape index (κ1) is 21.9. The molecule has 0 saturated heterocycles. The molecule has 0 radical (unpaired) electrons. The van der Waals surface area contributed by atoms with Gasteiger partial charge >= 0.3 is 11.9 Å². The normalized spacial score (nSPS) is 14.4. The maximum Gasteiger partial charge on any atom is 0.306 e. The Hall–Kier alpha value is -1.06. The smallest absolute Gasteiger partial charge is 0.306 e. The summed E-state index contributed by atoms with van der Waals surface area (Å²) in [7, 11) is 0. The monoisotopic (exact) mass is 328 g/mol. The summed E-state index contributed by atoms with van der Waals surface area (Å²) >= 11 is 0. The van der Waals surface area contributed by atoms with E-state index in [-0.39, 0.29) is 36.3 Å². The maximum atomic E-state index is 11.7. The molecule has 2 atom stereocenters. The minimum Gasteiger partial charge on any atom is -0.465 e. The predicted molar refractivity (Wildman–Crippen MR) is 93.1 cm³/mol. The molecule has 2 unspecified atom stereocenters. The Labute approximate surface area is 142 Å². The number of ether oxygens (including phenoxy) is 2. The molecule has 0 fully saturated rings. The van der Waals surface area contributed by atoms with Crippen molar-refractivity contribution < 1.29 is 19.1 Å². The van der Waals surface area contributed by atoms with Crippen LogP contribution in [0.3, 0.4) is 0 Å². The van der Waals surface area contributed by atoms with E-state index < -0.39 is 0 Å². The van der Waals surface area contributed by atoms with E-state index >= 15 is 0 Å². The van der Waals surface area contributed by atoms with Gasteiger partial charge in [0.2, 0.25) is 0 Å². The third kappa shape index (κ3) is 12.1. The number of carbonyl (C=O) groups is 2. The van der Waals surface area contributed by atoms with Crippen LogP contribution in [0.15, 0.2) is 0 Å². The van der Waals surface area contributed by atoms with E-state index in [4.69, 9.17) is 9.47 Å². The van der Waals surface area contributed by atoms with Crippen molar-refractivity contribution in [2.45, 2.75) is 86.7 Å². The lowest BCUT2D eigenvalue weighted by Crippen LogP contribution is -2.23. The second-order valence-electron chi connectivity index (χ2n) is 8.09. The fourth-order valence-corrected chi connectivity index (χ4v) is 2.71. The van der Waals surface area contributed by atoms with Gasteiger partial charge in [0.25, 0.3) is 0 Å². The highest BCUT2D eigenvalue weighted by atomic mass is 16.5. The Bertz CT molecular complexity index is 355. The third-order valence-corrected chi connectivity index (χ3v) is 3.68. The van der Waals surface area contributed by atoms with Crippen LogP contribution in [-0.4, -0.2) is 24.6 Å². The Kier molecular flexibility index (Phi) is 10.2. The van der Waals surface area contributed by atoms with E-state index in [1.54, 1.807) is 0 Å². The van der Waals surface area contributed by atoms with Gasteiger partial charge in [-0.3, -0.25) is 9.59 Å². The van der Waals surface area contributed by atoms with Crippen LogP contribution in [0.5, 0.6) is 0 Å². The molecular formula is C19H36O4. The molecule has 4 heteroatoms. The van der Waals surface area contributed by atoms with Crippen molar-refractivity contribution in [1.82, 2.24) is 0 Å². The first-order valence-electron chi connectivity index (χ1n) is 8.90. The molecule has 0 aromatic rings. The zero-order valence-corrected chi connectivity index (χ0v) is 16.1. The van der Waals surface area contributed by atoms with Gasteiger partial charge in [0, 0.05) is 12.8 Å². The molecule has 0 bridgehead atoms. The van der Waals surface area contributed by atoms with Crippen LogP contribution in [-0.2, 0) is 19.1 Å². The average Bonchev–Trinajstić information content (AvgIpc) is 2.40. The van der Waals surface area contributed by atoms with Crippen molar-refractivity contribution in [3.05, 3.63) is 0 Å². The van der Waals surface area contributed by atoms with Gasteiger partial charge in [-0.05, 0) is 36.5 Å². The summed E-state index contributed by atoms with van der Waals surface area (Å²) in [6.45, 7) is 15.2. The van der Waals surface area contributed by atoms with E-state index in [2.05, 4.69) is 27.7 Å². The molecule has 136 valence electrons. The number of hydrogen-bond donors (Lipinski definition) is 0. The van der Waals surface area contributed by atoms with Crippen LogP contribution in [0.1, 0.15) is 80.6 Å². The molecule has 0 aliphatic heterocycles. The van der Waals surface area contributed by atoms with Gasteiger partial charge in [-0.25, -0.2) is 0 Å². The van der Waals surface area contributed by atoms with Gasteiger partial charge in [-0.2, -0.15) is 0 Å². The van der Waals surface area contributed by atoms with Gasteiger partial charge < -0.3 is 9.47 Å². The quantitative estimate of drug-likeness (QED) is 0.543. The maximum absolute atomic E-state index is 11.7. The Morgan fingerprint density at radius 1 is 1.00 bits per heavy atom. The van der Waals surface area contributed by atoms with Gasteiger partial charge in [0.1, 0.15) is 6.10 Å². The molecule has 0 heterocycles. The third-order valence-electron chi connectivity index (χ3n) is 3.68. The van der Waals surface area contributed by atoms with Gasteiger partial charge in [0.15, 0.2) is 0 Å². The minimum absolute atomic E-state index is 0.0345. The topological polar surface area (TPSA) is 52.6 Å². The second-order valence-corrected chi connectivity index (χ2v) is 8.09. The summed E-state index contributed by atoms with van der Waals surface area (Å²) < 4.78 is 10.7. The lowest BCUT2D eigenvalue weighted by atomic mass is 9.86. The number of carbonyl (C=O) groups excluding carboxylic acids is 2. The first-order valence-corrected chi connectivity index (χ1v) is 8.90. The summed E-state index contributed by atoms with van der Waals surface area (Å²) in [5.74, 6) is 0.215. The van der Waals surface area contributed by atoms with E-state index in [1.807, 2.05) is 20.8 Å². The largest absolute Gasteiger partial charge is 0.465 e. The van der Waals surface area contributed by atoms with Gasteiger partial charge in [-0.15, -0.1) is 0 Å². The van der Waals surface area contributed by atoms with Crippen molar-refractivity contribution in [2.24, 2.45) is 17.3 Å². The summed E-state index contributed by atoms with van der Waals surface area (Å²) in [6, 6.07) is 0. The van der Waals surface area contributed by atoms with Crippen molar-refractivity contribution in [1.29, 1.82) is 0 Å². The average molecular weight is 328 g/mol. The fraction of sp³-hybridized carbons (Fsp3) is 0.895. The molecule has 4 nitrogen and oxygen atoms in total. The van der Waals surface area contributed by atoms with Crippen molar-refractivity contribution in [3.63, 3.8) is 0 Å². The molecule has 0 aromatic carbocycles.